The summed E-state index contributed by atoms with van der Waals surface area (Å²) in [6.45, 7) is 4.47. The average molecular weight is 277 g/mol. The Morgan fingerprint density at radius 1 is 1.45 bits per heavy atom. The van der Waals surface area contributed by atoms with Gasteiger partial charge in [0.05, 0.1) is 13.7 Å². The summed E-state index contributed by atoms with van der Waals surface area (Å²) in [6.07, 6.45) is 0. The number of methoxy groups -OCH3 is 1. The van der Waals surface area contributed by atoms with Crippen LogP contribution in [0.2, 0.25) is 0 Å². The Morgan fingerprint density at radius 3 is 2.80 bits per heavy atom. The molecular weight excluding hydrogens is 258 g/mol. The summed E-state index contributed by atoms with van der Waals surface area (Å²) in [5, 5.41) is 9.88. The highest BCUT2D eigenvalue weighted by Crippen LogP contribution is 2.32. The number of aryl methyl sites for hydroxylation is 1. The predicted octanol–water partition coefficient (Wildman–Crippen LogP) is 2.20. The molecule has 0 fully saturated rings. The van der Waals surface area contributed by atoms with Crippen molar-refractivity contribution in [2.24, 2.45) is 0 Å². The molecule has 0 aliphatic carbocycles. The SMILES string of the molecule is CCN(CCO)C(=O)c1oc2c(OC)cccc2c1C. The maximum absolute atomic E-state index is 12.4. The molecular formula is C15H19NO4. The van der Waals surface area contributed by atoms with Crippen LogP contribution in [0.4, 0.5) is 0 Å². The molecule has 0 saturated heterocycles. The van der Waals surface area contributed by atoms with E-state index in [9.17, 15) is 4.79 Å². The summed E-state index contributed by atoms with van der Waals surface area (Å²) in [5.41, 5.74) is 1.37. The van der Waals surface area contributed by atoms with Crippen LogP contribution in [0.3, 0.4) is 0 Å². The molecule has 0 unspecified atom stereocenters. The fraction of sp³-hybridized carbons (Fsp3) is 0.400. The fourth-order valence-corrected chi connectivity index (χ4v) is 2.25. The zero-order chi connectivity index (χ0) is 14.7. The van der Waals surface area contributed by atoms with Crippen molar-refractivity contribution in [1.82, 2.24) is 4.90 Å². The molecule has 0 saturated carbocycles. The van der Waals surface area contributed by atoms with Crippen LogP contribution in [0, 0.1) is 6.92 Å². The number of aliphatic hydroxyl groups excluding tert-OH is 1. The van der Waals surface area contributed by atoms with Crippen LogP contribution in [0.25, 0.3) is 11.0 Å². The topological polar surface area (TPSA) is 62.9 Å². The lowest BCUT2D eigenvalue weighted by Crippen LogP contribution is -2.33. The minimum atomic E-state index is -0.211. The van der Waals surface area contributed by atoms with Gasteiger partial charge in [-0.3, -0.25) is 4.79 Å². The lowest BCUT2D eigenvalue weighted by Gasteiger charge is -2.18. The number of carbonyl (C=O) groups is 1. The fourth-order valence-electron chi connectivity index (χ4n) is 2.25. The molecule has 1 N–H and O–H groups in total. The number of ether oxygens (including phenoxy) is 1. The molecule has 1 heterocycles. The first-order chi connectivity index (χ1) is 9.63. The number of aliphatic hydroxyl groups is 1. The Kier molecular flexibility index (Phi) is 4.29. The summed E-state index contributed by atoms with van der Waals surface area (Å²) in [6, 6.07) is 5.56. The molecule has 0 bridgehead atoms. The van der Waals surface area contributed by atoms with Gasteiger partial charge in [0.15, 0.2) is 17.1 Å². The van der Waals surface area contributed by atoms with Crippen LogP contribution in [-0.2, 0) is 0 Å². The average Bonchev–Trinajstić information content (AvgIpc) is 2.81. The third kappa shape index (κ3) is 2.36. The van der Waals surface area contributed by atoms with E-state index in [1.54, 1.807) is 18.1 Å². The highest BCUT2D eigenvalue weighted by Gasteiger charge is 2.23. The third-order valence-corrected chi connectivity index (χ3v) is 3.38. The number of para-hydroxylation sites is 1. The largest absolute Gasteiger partial charge is 0.493 e. The van der Waals surface area contributed by atoms with Gasteiger partial charge in [0, 0.05) is 24.0 Å². The van der Waals surface area contributed by atoms with E-state index in [2.05, 4.69) is 0 Å². The maximum atomic E-state index is 12.4. The van der Waals surface area contributed by atoms with Crippen molar-refractivity contribution in [2.45, 2.75) is 13.8 Å². The number of hydrogen-bond acceptors (Lipinski definition) is 4. The molecule has 0 aliphatic heterocycles. The predicted molar refractivity (Wildman–Crippen MR) is 76.2 cm³/mol. The van der Waals surface area contributed by atoms with Gasteiger partial charge in [0.1, 0.15) is 0 Å². The smallest absolute Gasteiger partial charge is 0.289 e. The van der Waals surface area contributed by atoms with Crippen molar-refractivity contribution in [2.75, 3.05) is 26.8 Å². The minimum absolute atomic E-state index is 0.0673. The Morgan fingerprint density at radius 2 is 2.20 bits per heavy atom. The quantitative estimate of drug-likeness (QED) is 0.910. The lowest BCUT2D eigenvalue weighted by molar-refractivity contribution is 0.0701. The highest BCUT2D eigenvalue weighted by atomic mass is 16.5. The third-order valence-electron chi connectivity index (χ3n) is 3.38. The van der Waals surface area contributed by atoms with Crippen LogP contribution in [0.15, 0.2) is 22.6 Å². The van der Waals surface area contributed by atoms with E-state index < -0.39 is 0 Å². The zero-order valence-corrected chi connectivity index (χ0v) is 12.0. The molecule has 1 amide bonds. The Labute approximate surface area is 117 Å². The van der Waals surface area contributed by atoms with Crippen molar-refractivity contribution in [3.8, 4) is 5.75 Å². The van der Waals surface area contributed by atoms with E-state index in [1.165, 1.54) is 0 Å². The number of rotatable bonds is 5. The van der Waals surface area contributed by atoms with Gasteiger partial charge in [-0.25, -0.2) is 0 Å². The summed E-state index contributed by atoms with van der Waals surface area (Å²) in [4.78, 5) is 14.0. The van der Waals surface area contributed by atoms with Gasteiger partial charge in [-0.2, -0.15) is 0 Å². The Hall–Kier alpha value is -2.01. The molecule has 1 aromatic heterocycles. The number of amides is 1. The minimum Gasteiger partial charge on any atom is -0.493 e. The summed E-state index contributed by atoms with van der Waals surface area (Å²) in [5.74, 6) is 0.701. The summed E-state index contributed by atoms with van der Waals surface area (Å²) < 4.78 is 11.0. The summed E-state index contributed by atoms with van der Waals surface area (Å²) >= 11 is 0. The van der Waals surface area contributed by atoms with Crippen molar-refractivity contribution < 1.29 is 19.1 Å². The molecule has 5 heteroatoms. The monoisotopic (exact) mass is 277 g/mol. The molecule has 1 aromatic carbocycles. The molecule has 20 heavy (non-hydrogen) atoms. The zero-order valence-electron chi connectivity index (χ0n) is 12.0. The molecule has 0 spiro atoms. The van der Waals surface area contributed by atoms with E-state index in [-0.39, 0.29) is 12.5 Å². The standard InChI is InChI=1S/C15H19NO4/c1-4-16(8-9-17)15(18)13-10(2)11-6-5-7-12(19-3)14(11)20-13/h5-7,17H,4,8-9H2,1-3H3. The molecule has 2 aromatic rings. The van der Waals surface area contributed by atoms with E-state index in [0.29, 0.717) is 30.2 Å². The first kappa shape index (κ1) is 14.4. The van der Waals surface area contributed by atoms with Crippen molar-refractivity contribution in [1.29, 1.82) is 0 Å². The first-order valence-corrected chi connectivity index (χ1v) is 6.60. The van der Waals surface area contributed by atoms with Gasteiger partial charge in [-0.05, 0) is 19.9 Å². The molecule has 2 rings (SSSR count). The van der Waals surface area contributed by atoms with E-state index in [1.807, 2.05) is 26.0 Å². The van der Waals surface area contributed by atoms with Crippen molar-refractivity contribution >= 4 is 16.9 Å². The van der Waals surface area contributed by atoms with Gasteiger partial charge in [0.2, 0.25) is 0 Å². The second-order valence-corrected chi connectivity index (χ2v) is 4.50. The van der Waals surface area contributed by atoms with E-state index in [0.717, 1.165) is 10.9 Å². The Bertz CT molecular complexity index is 618. The second kappa shape index (κ2) is 5.96. The highest BCUT2D eigenvalue weighted by molar-refractivity contribution is 6.00. The number of furan rings is 1. The van der Waals surface area contributed by atoms with Gasteiger partial charge in [0.25, 0.3) is 5.91 Å². The summed E-state index contributed by atoms with van der Waals surface area (Å²) in [7, 11) is 1.57. The molecule has 0 aliphatic rings. The van der Waals surface area contributed by atoms with Gasteiger partial charge >= 0.3 is 0 Å². The normalized spacial score (nSPS) is 10.8. The van der Waals surface area contributed by atoms with Crippen molar-refractivity contribution in [3.63, 3.8) is 0 Å². The molecule has 0 atom stereocenters. The van der Waals surface area contributed by atoms with Gasteiger partial charge in [-0.1, -0.05) is 12.1 Å². The lowest BCUT2D eigenvalue weighted by atomic mass is 10.1. The number of likely N-dealkylation sites (N-methyl/N-ethyl adjacent to an activating group) is 1. The molecule has 5 nitrogen and oxygen atoms in total. The van der Waals surface area contributed by atoms with Crippen LogP contribution in [-0.4, -0.2) is 42.7 Å². The van der Waals surface area contributed by atoms with E-state index >= 15 is 0 Å². The molecule has 108 valence electrons. The van der Waals surface area contributed by atoms with Crippen LogP contribution in [0.5, 0.6) is 5.75 Å². The number of nitrogens with zero attached hydrogens (tertiary/aromatic N) is 1. The first-order valence-electron chi connectivity index (χ1n) is 6.60. The van der Waals surface area contributed by atoms with Crippen LogP contribution < -0.4 is 4.74 Å². The Balaban J connectivity index is 2.49. The number of benzene rings is 1. The number of carbonyl (C=O) groups excluding carboxylic acids is 1. The molecule has 0 radical (unpaired) electrons. The number of fused-ring (bicyclic) bond motifs is 1. The van der Waals surface area contributed by atoms with Crippen LogP contribution in [0.1, 0.15) is 23.0 Å². The van der Waals surface area contributed by atoms with Gasteiger partial charge < -0.3 is 19.2 Å². The van der Waals surface area contributed by atoms with Crippen molar-refractivity contribution in [3.05, 3.63) is 29.5 Å². The van der Waals surface area contributed by atoms with Gasteiger partial charge in [-0.15, -0.1) is 0 Å². The van der Waals surface area contributed by atoms with E-state index in [4.69, 9.17) is 14.3 Å². The number of hydrogen-bond donors (Lipinski definition) is 1. The maximum Gasteiger partial charge on any atom is 0.289 e. The second-order valence-electron chi connectivity index (χ2n) is 4.50. The van der Waals surface area contributed by atoms with Crippen LogP contribution >= 0.6 is 0 Å².